The van der Waals surface area contributed by atoms with E-state index < -0.39 is 5.97 Å². The zero-order valence-electron chi connectivity index (χ0n) is 16.7. The number of rotatable bonds is 6. The number of hydrogen-bond donors (Lipinski definition) is 1. The van der Waals surface area contributed by atoms with Gasteiger partial charge in [0, 0.05) is 10.6 Å². The fraction of sp³-hybridized carbons (Fsp3) is 0.0870. The van der Waals surface area contributed by atoms with Crippen LogP contribution in [0.4, 0.5) is 0 Å². The number of aryl methyl sites for hydroxylation is 1. The summed E-state index contributed by atoms with van der Waals surface area (Å²) in [6, 6.07) is 16.5. The van der Waals surface area contributed by atoms with Crippen LogP contribution in [0.5, 0.6) is 11.5 Å². The lowest BCUT2D eigenvalue weighted by Gasteiger charge is -2.10. The minimum atomic E-state index is -0.646. The maximum atomic E-state index is 12.4. The highest BCUT2D eigenvalue weighted by Gasteiger charge is 2.16. The summed E-state index contributed by atoms with van der Waals surface area (Å²) in [5, 5.41) is 4.56. The quantitative estimate of drug-likeness (QED) is 0.236. The number of carbonyl (C=O) groups is 2. The number of esters is 1. The number of methoxy groups -OCH3 is 1. The zero-order valence-corrected chi connectivity index (χ0v) is 18.2. The summed E-state index contributed by atoms with van der Waals surface area (Å²) in [4.78, 5) is 24.6. The lowest BCUT2D eigenvalue weighted by atomic mass is 10.1. The Labute approximate surface area is 189 Å². The second kappa shape index (κ2) is 10.1. The van der Waals surface area contributed by atoms with Gasteiger partial charge in [-0.05, 0) is 61.0 Å². The Hall–Kier alpha value is -3.35. The van der Waals surface area contributed by atoms with Crippen LogP contribution in [0.1, 0.15) is 31.8 Å². The maximum absolute atomic E-state index is 12.4. The van der Waals surface area contributed by atoms with E-state index in [2.05, 4.69) is 10.5 Å². The van der Waals surface area contributed by atoms with Crippen LogP contribution < -0.4 is 14.9 Å². The summed E-state index contributed by atoms with van der Waals surface area (Å²) in [6.07, 6.45) is 1.46. The Morgan fingerprint density at radius 1 is 1.00 bits per heavy atom. The largest absolute Gasteiger partial charge is 0.493 e. The van der Waals surface area contributed by atoms with Crippen molar-refractivity contribution in [2.75, 3.05) is 7.11 Å². The van der Waals surface area contributed by atoms with Gasteiger partial charge in [0.25, 0.3) is 5.91 Å². The van der Waals surface area contributed by atoms with Crippen molar-refractivity contribution in [3.05, 3.63) is 93.0 Å². The number of hydrogen-bond acceptors (Lipinski definition) is 5. The molecule has 1 N–H and O–H groups in total. The van der Waals surface area contributed by atoms with Crippen molar-refractivity contribution in [1.29, 1.82) is 0 Å². The molecule has 0 unspecified atom stereocenters. The van der Waals surface area contributed by atoms with E-state index in [0.29, 0.717) is 21.9 Å². The number of amides is 1. The molecule has 0 bridgehead atoms. The minimum absolute atomic E-state index is 0.178. The van der Waals surface area contributed by atoms with Gasteiger partial charge in [-0.3, -0.25) is 4.79 Å². The zero-order chi connectivity index (χ0) is 22.4. The molecule has 31 heavy (non-hydrogen) atoms. The summed E-state index contributed by atoms with van der Waals surface area (Å²) in [6.45, 7) is 1.90. The number of nitrogens with one attached hydrogen (secondary N) is 1. The first kappa shape index (κ1) is 22.3. The molecule has 0 heterocycles. The lowest BCUT2D eigenvalue weighted by Crippen LogP contribution is -2.17. The molecule has 0 atom stereocenters. The standard InChI is InChI=1S/C23H18Cl2N2O4/c1-14-4-3-5-16(10-14)22(28)27-26-13-15-6-9-20(21(11-15)30-2)31-23(29)18-8-7-17(24)12-19(18)25/h3-13H,1-2H3,(H,27,28). The van der Waals surface area contributed by atoms with Crippen molar-refractivity contribution in [3.8, 4) is 11.5 Å². The molecule has 0 fully saturated rings. The van der Waals surface area contributed by atoms with Crippen LogP contribution in [0.2, 0.25) is 10.0 Å². The van der Waals surface area contributed by atoms with Gasteiger partial charge in [0.15, 0.2) is 11.5 Å². The number of nitrogens with zero attached hydrogens (tertiary/aromatic N) is 1. The highest BCUT2D eigenvalue weighted by molar-refractivity contribution is 6.36. The van der Waals surface area contributed by atoms with Crippen molar-refractivity contribution in [1.82, 2.24) is 5.43 Å². The van der Waals surface area contributed by atoms with Gasteiger partial charge in [0.05, 0.1) is 23.9 Å². The molecular weight excluding hydrogens is 439 g/mol. The average molecular weight is 457 g/mol. The molecule has 3 rings (SSSR count). The van der Waals surface area contributed by atoms with Gasteiger partial charge in [-0.15, -0.1) is 0 Å². The van der Waals surface area contributed by atoms with Crippen LogP contribution in [-0.2, 0) is 0 Å². The van der Waals surface area contributed by atoms with E-state index in [1.54, 1.807) is 42.5 Å². The SMILES string of the molecule is COc1cc(C=NNC(=O)c2cccc(C)c2)ccc1OC(=O)c1ccc(Cl)cc1Cl. The predicted molar refractivity (Wildman–Crippen MR) is 121 cm³/mol. The molecule has 0 aliphatic carbocycles. The van der Waals surface area contributed by atoms with Crippen molar-refractivity contribution in [2.45, 2.75) is 6.92 Å². The second-order valence-electron chi connectivity index (χ2n) is 6.49. The number of halogens is 2. The molecule has 0 spiro atoms. The van der Waals surface area contributed by atoms with Gasteiger partial charge in [0.1, 0.15) is 0 Å². The van der Waals surface area contributed by atoms with Crippen LogP contribution in [0.15, 0.2) is 65.8 Å². The normalized spacial score (nSPS) is 10.7. The maximum Gasteiger partial charge on any atom is 0.345 e. The summed E-state index contributed by atoms with van der Waals surface area (Å²) in [7, 11) is 1.45. The molecule has 8 heteroatoms. The minimum Gasteiger partial charge on any atom is -0.493 e. The molecule has 0 aliphatic rings. The van der Waals surface area contributed by atoms with Crippen molar-refractivity contribution in [2.24, 2.45) is 5.10 Å². The Morgan fingerprint density at radius 3 is 2.52 bits per heavy atom. The Bertz CT molecular complexity index is 1160. The molecular formula is C23H18Cl2N2O4. The lowest BCUT2D eigenvalue weighted by molar-refractivity contribution is 0.0729. The van der Waals surface area contributed by atoms with Crippen molar-refractivity contribution >= 4 is 41.3 Å². The Balaban J connectivity index is 1.70. The highest BCUT2D eigenvalue weighted by Crippen LogP contribution is 2.29. The van der Waals surface area contributed by atoms with Gasteiger partial charge in [-0.25, -0.2) is 10.2 Å². The van der Waals surface area contributed by atoms with Crippen LogP contribution in [0, 0.1) is 6.92 Å². The second-order valence-corrected chi connectivity index (χ2v) is 7.34. The van der Waals surface area contributed by atoms with Crippen LogP contribution in [0.25, 0.3) is 0 Å². The van der Waals surface area contributed by atoms with E-state index >= 15 is 0 Å². The smallest absolute Gasteiger partial charge is 0.345 e. The Morgan fingerprint density at radius 2 is 1.81 bits per heavy atom. The van der Waals surface area contributed by atoms with E-state index in [1.807, 2.05) is 13.0 Å². The molecule has 3 aromatic carbocycles. The molecule has 0 aromatic heterocycles. The number of ether oxygens (including phenoxy) is 2. The molecule has 158 valence electrons. The van der Waals surface area contributed by atoms with Crippen LogP contribution in [0.3, 0.4) is 0 Å². The van der Waals surface area contributed by atoms with Gasteiger partial charge in [0.2, 0.25) is 0 Å². The average Bonchev–Trinajstić information content (AvgIpc) is 2.74. The van der Waals surface area contributed by atoms with Gasteiger partial charge >= 0.3 is 5.97 Å². The van der Waals surface area contributed by atoms with Gasteiger partial charge in [-0.2, -0.15) is 5.10 Å². The summed E-state index contributed by atoms with van der Waals surface area (Å²) in [5.74, 6) is -0.448. The molecule has 0 aliphatic heterocycles. The third-order valence-corrected chi connectivity index (χ3v) is 4.75. The van der Waals surface area contributed by atoms with Crippen LogP contribution in [-0.4, -0.2) is 25.2 Å². The molecule has 0 saturated heterocycles. The van der Waals surface area contributed by atoms with E-state index in [9.17, 15) is 9.59 Å². The van der Waals surface area contributed by atoms with E-state index in [1.165, 1.54) is 25.5 Å². The monoisotopic (exact) mass is 456 g/mol. The van der Waals surface area contributed by atoms with Gasteiger partial charge in [-0.1, -0.05) is 40.9 Å². The summed E-state index contributed by atoms with van der Waals surface area (Å²) < 4.78 is 10.7. The van der Waals surface area contributed by atoms with E-state index in [0.717, 1.165) is 5.56 Å². The number of carbonyl (C=O) groups excluding carboxylic acids is 2. The molecule has 0 radical (unpaired) electrons. The third-order valence-electron chi connectivity index (χ3n) is 4.20. The van der Waals surface area contributed by atoms with Gasteiger partial charge < -0.3 is 9.47 Å². The summed E-state index contributed by atoms with van der Waals surface area (Å²) >= 11 is 11.9. The van der Waals surface area contributed by atoms with E-state index in [-0.39, 0.29) is 22.2 Å². The molecule has 1 amide bonds. The topological polar surface area (TPSA) is 77.0 Å². The van der Waals surface area contributed by atoms with E-state index in [4.69, 9.17) is 32.7 Å². The fourth-order valence-electron chi connectivity index (χ4n) is 2.67. The van der Waals surface area contributed by atoms with Crippen molar-refractivity contribution in [3.63, 3.8) is 0 Å². The third kappa shape index (κ3) is 5.84. The number of hydrazone groups is 1. The predicted octanol–water partition coefficient (Wildman–Crippen LogP) is 5.29. The molecule has 3 aromatic rings. The molecule has 0 saturated carbocycles. The molecule has 6 nitrogen and oxygen atoms in total. The van der Waals surface area contributed by atoms with Crippen LogP contribution >= 0.6 is 23.2 Å². The Kier molecular flexibility index (Phi) is 7.28. The first-order valence-corrected chi connectivity index (χ1v) is 9.88. The van der Waals surface area contributed by atoms with Crippen molar-refractivity contribution < 1.29 is 19.1 Å². The fourth-order valence-corrected chi connectivity index (χ4v) is 3.16. The highest BCUT2D eigenvalue weighted by atomic mass is 35.5. The first-order valence-electron chi connectivity index (χ1n) is 9.12. The number of benzene rings is 3. The summed E-state index contributed by atoms with van der Waals surface area (Å²) in [5.41, 5.74) is 4.77. The first-order chi connectivity index (χ1) is 14.9.